The number of carbonyl (C=O) groups excluding carboxylic acids is 3. The Balaban J connectivity index is 0.000000809. The van der Waals surface area contributed by atoms with Gasteiger partial charge in [0, 0.05) is 35.5 Å². The molecule has 0 aliphatic heterocycles. The molecular weight excluding hydrogens is 472 g/mol. The Morgan fingerprint density at radius 2 is 1.86 bits per heavy atom. The summed E-state index contributed by atoms with van der Waals surface area (Å²) in [6.45, 7) is 9.81. The Kier molecular flexibility index (Phi) is 14.7. The standard InChI is InChI=1S/C22H27N3O3S.C6H15N/c1-22(2,3)17-7-8-18(20(29-10-9-23)19(12-17)24-14-27)25-21(28)16-6-4-5-15(11-16)13-26;1-2-3-4-5-6-7/h4-7,11-14H,8-10,23H2,1-3H3,(H,24,27)(H,25,28);2-7H2,1H3. The van der Waals surface area contributed by atoms with Crippen molar-refractivity contribution in [1.29, 1.82) is 0 Å². The van der Waals surface area contributed by atoms with Gasteiger partial charge in [0.2, 0.25) is 6.41 Å². The van der Waals surface area contributed by atoms with Crippen molar-refractivity contribution in [2.45, 2.75) is 59.8 Å². The first-order chi connectivity index (χ1) is 17.2. The predicted octanol–water partition coefficient (Wildman–Crippen LogP) is 4.66. The summed E-state index contributed by atoms with van der Waals surface area (Å²) in [7, 11) is 0. The zero-order valence-electron chi connectivity index (χ0n) is 22.1. The summed E-state index contributed by atoms with van der Waals surface area (Å²) in [5, 5.41) is 5.74. The van der Waals surface area contributed by atoms with Gasteiger partial charge in [-0.25, -0.2) is 0 Å². The minimum Gasteiger partial charge on any atom is -0.330 e. The van der Waals surface area contributed by atoms with Crippen LogP contribution in [-0.2, 0) is 4.79 Å². The number of amides is 2. The summed E-state index contributed by atoms with van der Waals surface area (Å²) in [6, 6.07) is 6.51. The molecule has 2 amide bonds. The SMILES string of the molecule is CC(C)(C)C1=CCC(NC(=O)c2cccc(C=O)c2)=C(SCCN)C(NC=O)=C1.CCCCCCN. The van der Waals surface area contributed by atoms with E-state index in [0.717, 1.165) is 17.0 Å². The highest BCUT2D eigenvalue weighted by Crippen LogP contribution is 2.35. The molecule has 1 aromatic rings. The molecule has 8 heteroatoms. The number of aldehydes is 1. The smallest absolute Gasteiger partial charge is 0.255 e. The van der Waals surface area contributed by atoms with E-state index >= 15 is 0 Å². The summed E-state index contributed by atoms with van der Waals surface area (Å²) in [6.07, 6.45) is 11.0. The molecule has 36 heavy (non-hydrogen) atoms. The lowest BCUT2D eigenvalue weighted by atomic mass is 9.85. The predicted molar refractivity (Wildman–Crippen MR) is 150 cm³/mol. The lowest BCUT2D eigenvalue weighted by Gasteiger charge is -2.21. The molecule has 0 saturated carbocycles. The number of rotatable bonds is 12. The maximum atomic E-state index is 12.8. The molecule has 0 heterocycles. The second-order valence-electron chi connectivity index (χ2n) is 9.43. The number of nitrogens with two attached hydrogens (primary N) is 2. The summed E-state index contributed by atoms with van der Waals surface area (Å²) >= 11 is 1.49. The first-order valence-corrected chi connectivity index (χ1v) is 13.5. The van der Waals surface area contributed by atoms with Crippen LogP contribution in [0.25, 0.3) is 0 Å². The molecule has 1 aliphatic rings. The summed E-state index contributed by atoms with van der Waals surface area (Å²) in [4.78, 5) is 35.9. The van der Waals surface area contributed by atoms with E-state index < -0.39 is 0 Å². The fourth-order valence-electron chi connectivity index (χ4n) is 3.41. The molecule has 2 rings (SSSR count). The van der Waals surface area contributed by atoms with Gasteiger partial charge in [0.05, 0.1) is 10.6 Å². The molecule has 6 N–H and O–H groups in total. The van der Waals surface area contributed by atoms with E-state index in [1.165, 1.54) is 37.4 Å². The lowest BCUT2D eigenvalue weighted by molar-refractivity contribution is -0.108. The van der Waals surface area contributed by atoms with Gasteiger partial charge in [-0.15, -0.1) is 11.8 Å². The van der Waals surface area contributed by atoms with E-state index in [1.54, 1.807) is 24.3 Å². The van der Waals surface area contributed by atoms with Crippen LogP contribution >= 0.6 is 11.8 Å². The van der Waals surface area contributed by atoms with Crippen LogP contribution in [0.5, 0.6) is 0 Å². The van der Waals surface area contributed by atoms with Gasteiger partial charge in [-0.1, -0.05) is 65.2 Å². The molecule has 0 aromatic heterocycles. The molecule has 0 unspecified atom stereocenters. The number of unbranched alkanes of at least 4 members (excludes halogenated alkanes) is 3. The van der Waals surface area contributed by atoms with Crippen LogP contribution in [0, 0.1) is 5.41 Å². The molecule has 0 saturated heterocycles. The number of nitrogens with one attached hydrogen (secondary N) is 2. The van der Waals surface area contributed by atoms with Crippen molar-refractivity contribution in [1.82, 2.24) is 10.6 Å². The largest absolute Gasteiger partial charge is 0.330 e. The monoisotopic (exact) mass is 514 g/mol. The van der Waals surface area contributed by atoms with Crippen molar-refractivity contribution in [2.24, 2.45) is 16.9 Å². The third-order valence-corrected chi connectivity index (χ3v) is 6.59. The molecular formula is C28H42N4O3S. The minimum absolute atomic E-state index is 0.128. The molecule has 0 fully saturated rings. The third kappa shape index (κ3) is 10.9. The third-order valence-electron chi connectivity index (χ3n) is 5.40. The van der Waals surface area contributed by atoms with E-state index in [1.807, 2.05) is 6.08 Å². The Hall–Kier alpha value is -2.68. The highest BCUT2D eigenvalue weighted by Gasteiger charge is 2.23. The number of hydrogen-bond acceptors (Lipinski definition) is 6. The highest BCUT2D eigenvalue weighted by atomic mass is 32.2. The van der Waals surface area contributed by atoms with Gasteiger partial charge in [-0.2, -0.15) is 0 Å². The topological polar surface area (TPSA) is 127 Å². The van der Waals surface area contributed by atoms with E-state index in [-0.39, 0.29) is 11.3 Å². The second kappa shape index (κ2) is 16.9. The number of carbonyl (C=O) groups is 3. The Morgan fingerprint density at radius 3 is 2.44 bits per heavy atom. The fourth-order valence-corrected chi connectivity index (χ4v) is 4.31. The first-order valence-electron chi connectivity index (χ1n) is 12.5. The molecule has 0 bridgehead atoms. The van der Waals surface area contributed by atoms with Crippen molar-refractivity contribution >= 4 is 30.4 Å². The van der Waals surface area contributed by atoms with Crippen LogP contribution in [0.15, 0.2) is 58.3 Å². The molecule has 7 nitrogen and oxygen atoms in total. The van der Waals surface area contributed by atoms with Crippen molar-refractivity contribution < 1.29 is 14.4 Å². The highest BCUT2D eigenvalue weighted by molar-refractivity contribution is 8.03. The van der Waals surface area contributed by atoms with Crippen LogP contribution in [0.1, 0.15) is 80.5 Å². The van der Waals surface area contributed by atoms with E-state index in [2.05, 4.69) is 44.4 Å². The summed E-state index contributed by atoms with van der Waals surface area (Å²) in [5.74, 6) is 0.325. The maximum absolute atomic E-state index is 12.8. The lowest BCUT2D eigenvalue weighted by Crippen LogP contribution is -2.25. The number of benzene rings is 1. The average molecular weight is 515 g/mol. The van der Waals surface area contributed by atoms with Crippen LogP contribution in [-0.4, -0.2) is 37.4 Å². The number of allylic oxidation sites excluding steroid dienone is 3. The minimum atomic E-state index is -0.312. The Labute approximate surface area is 220 Å². The molecule has 1 aromatic carbocycles. The van der Waals surface area contributed by atoms with Crippen LogP contribution in [0.3, 0.4) is 0 Å². The van der Waals surface area contributed by atoms with Crippen molar-refractivity contribution in [3.05, 3.63) is 69.4 Å². The van der Waals surface area contributed by atoms with Crippen molar-refractivity contribution in [3.63, 3.8) is 0 Å². The Bertz CT molecular complexity index is 958. The zero-order chi connectivity index (χ0) is 27.0. The van der Waals surface area contributed by atoms with Crippen LogP contribution in [0.2, 0.25) is 0 Å². The van der Waals surface area contributed by atoms with E-state index in [9.17, 15) is 14.4 Å². The van der Waals surface area contributed by atoms with E-state index in [4.69, 9.17) is 11.5 Å². The van der Waals surface area contributed by atoms with E-state index in [0.29, 0.717) is 53.9 Å². The van der Waals surface area contributed by atoms with Crippen molar-refractivity contribution in [2.75, 3.05) is 18.8 Å². The van der Waals surface area contributed by atoms with Crippen LogP contribution < -0.4 is 22.1 Å². The molecule has 0 atom stereocenters. The van der Waals surface area contributed by atoms with Gasteiger partial charge in [0.1, 0.15) is 6.29 Å². The molecule has 1 aliphatic carbocycles. The van der Waals surface area contributed by atoms with Gasteiger partial charge in [-0.05, 0) is 42.2 Å². The van der Waals surface area contributed by atoms with Gasteiger partial charge < -0.3 is 22.1 Å². The van der Waals surface area contributed by atoms with Gasteiger partial charge in [0.15, 0.2) is 0 Å². The van der Waals surface area contributed by atoms with Crippen LogP contribution in [0.4, 0.5) is 0 Å². The Morgan fingerprint density at radius 1 is 1.11 bits per heavy atom. The fraction of sp³-hybridized carbons (Fsp3) is 0.464. The van der Waals surface area contributed by atoms with Crippen molar-refractivity contribution in [3.8, 4) is 0 Å². The molecule has 0 spiro atoms. The average Bonchev–Trinajstić information content (AvgIpc) is 3.03. The molecule has 198 valence electrons. The second-order valence-corrected chi connectivity index (χ2v) is 10.5. The normalized spacial score (nSPS) is 13.5. The first kappa shape index (κ1) is 31.4. The number of thioether (sulfide) groups is 1. The summed E-state index contributed by atoms with van der Waals surface area (Å²) < 4.78 is 0. The maximum Gasteiger partial charge on any atom is 0.255 e. The molecule has 0 radical (unpaired) electrons. The quantitative estimate of drug-likeness (QED) is 0.237. The zero-order valence-corrected chi connectivity index (χ0v) is 22.9. The van der Waals surface area contributed by atoms with Gasteiger partial charge >= 0.3 is 0 Å². The summed E-state index contributed by atoms with van der Waals surface area (Å²) in [5.41, 5.74) is 14.0. The van der Waals surface area contributed by atoms with Gasteiger partial charge in [0.25, 0.3) is 5.91 Å². The van der Waals surface area contributed by atoms with Gasteiger partial charge in [-0.3, -0.25) is 14.4 Å². The number of hydrogen-bond donors (Lipinski definition) is 4.